The molecular weight excluding hydrogens is 206 g/mol. The lowest BCUT2D eigenvalue weighted by molar-refractivity contribution is 0.112. The lowest BCUT2D eigenvalue weighted by atomic mass is 10.2. The Morgan fingerprint density at radius 1 is 1.40 bits per heavy atom. The summed E-state index contributed by atoms with van der Waals surface area (Å²) in [5.41, 5.74) is 1.94. The third-order valence-electron chi connectivity index (χ3n) is 2.09. The van der Waals surface area contributed by atoms with Gasteiger partial charge < -0.3 is 4.90 Å². The van der Waals surface area contributed by atoms with Gasteiger partial charge in [0, 0.05) is 22.8 Å². The van der Waals surface area contributed by atoms with Crippen molar-refractivity contribution in [2.75, 3.05) is 26.4 Å². The molecule has 0 saturated heterocycles. The van der Waals surface area contributed by atoms with E-state index in [0.717, 1.165) is 34.6 Å². The van der Waals surface area contributed by atoms with Gasteiger partial charge in [-0.15, -0.1) is 11.8 Å². The molecule has 0 aliphatic rings. The van der Waals surface area contributed by atoms with Crippen LogP contribution in [0.15, 0.2) is 23.1 Å². The van der Waals surface area contributed by atoms with Crippen LogP contribution in [0.3, 0.4) is 0 Å². The van der Waals surface area contributed by atoms with Crippen LogP contribution in [0.25, 0.3) is 0 Å². The van der Waals surface area contributed by atoms with Crippen LogP contribution in [0.4, 0.5) is 0 Å². The number of rotatable bonds is 5. The van der Waals surface area contributed by atoms with Gasteiger partial charge in [-0.25, -0.2) is 0 Å². The Hall–Kier alpha value is -0.800. The maximum absolute atomic E-state index is 10.9. The molecule has 0 radical (unpaired) electrons. The Bertz CT molecular complexity index is 336. The Labute approximate surface area is 95.7 Å². The highest BCUT2D eigenvalue weighted by Gasteiger charge is 2.02. The van der Waals surface area contributed by atoms with Crippen LogP contribution in [0.2, 0.25) is 0 Å². The lowest BCUT2D eigenvalue weighted by Crippen LogP contribution is -2.14. The molecule has 0 N–H and O–H groups in total. The summed E-state index contributed by atoms with van der Waals surface area (Å²) in [4.78, 5) is 14.1. The molecule has 0 bridgehead atoms. The number of aldehydes is 1. The Kier molecular flexibility index (Phi) is 4.85. The number of thioether (sulfide) groups is 1. The van der Waals surface area contributed by atoms with E-state index in [0.29, 0.717) is 0 Å². The fraction of sp³-hybridized carbons (Fsp3) is 0.417. The van der Waals surface area contributed by atoms with E-state index in [4.69, 9.17) is 0 Å². The third kappa shape index (κ3) is 4.06. The van der Waals surface area contributed by atoms with Crippen molar-refractivity contribution in [3.63, 3.8) is 0 Å². The zero-order valence-corrected chi connectivity index (χ0v) is 10.3. The van der Waals surface area contributed by atoms with Crippen LogP contribution >= 0.6 is 11.8 Å². The smallest absolute Gasteiger partial charge is 0.151 e. The van der Waals surface area contributed by atoms with Crippen molar-refractivity contribution >= 4 is 18.0 Å². The van der Waals surface area contributed by atoms with E-state index in [2.05, 4.69) is 19.0 Å². The van der Waals surface area contributed by atoms with Crippen molar-refractivity contribution in [2.45, 2.75) is 11.8 Å². The minimum Gasteiger partial charge on any atom is -0.309 e. The number of hydrogen-bond acceptors (Lipinski definition) is 3. The molecular formula is C12H17NOS. The van der Waals surface area contributed by atoms with Crippen molar-refractivity contribution in [3.8, 4) is 0 Å². The van der Waals surface area contributed by atoms with E-state index in [9.17, 15) is 4.79 Å². The van der Waals surface area contributed by atoms with Crippen molar-refractivity contribution in [2.24, 2.45) is 0 Å². The summed E-state index contributed by atoms with van der Waals surface area (Å²) in [5.74, 6) is 1.01. The molecule has 0 heterocycles. The highest BCUT2D eigenvalue weighted by atomic mass is 32.2. The van der Waals surface area contributed by atoms with Gasteiger partial charge in [-0.2, -0.15) is 0 Å². The van der Waals surface area contributed by atoms with Gasteiger partial charge in [-0.1, -0.05) is 11.6 Å². The van der Waals surface area contributed by atoms with Crippen LogP contribution in [-0.2, 0) is 0 Å². The van der Waals surface area contributed by atoms with Crippen LogP contribution in [0.1, 0.15) is 15.9 Å². The average Bonchev–Trinajstić information content (AvgIpc) is 2.19. The minimum atomic E-state index is 0.804. The molecule has 1 aromatic carbocycles. The highest BCUT2D eigenvalue weighted by molar-refractivity contribution is 7.99. The Morgan fingerprint density at radius 2 is 2.13 bits per heavy atom. The first-order valence-corrected chi connectivity index (χ1v) is 5.95. The summed E-state index contributed by atoms with van der Waals surface area (Å²) in [7, 11) is 4.10. The van der Waals surface area contributed by atoms with Gasteiger partial charge in [0.25, 0.3) is 0 Å². The van der Waals surface area contributed by atoms with Gasteiger partial charge in [-0.3, -0.25) is 4.79 Å². The third-order valence-corrected chi connectivity index (χ3v) is 3.16. The van der Waals surface area contributed by atoms with Gasteiger partial charge in [0.15, 0.2) is 6.29 Å². The van der Waals surface area contributed by atoms with E-state index in [1.807, 2.05) is 25.1 Å². The van der Waals surface area contributed by atoms with Crippen LogP contribution < -0.4 is 0 Å². The molecule has 2 nitrogen and oxygen atoms in total. The molecule has 15 heavy (non-hydrogen) atoms. The van der Waals surface area contributed by atoms with E-state index in [1.54, 1.807) is 11.8 Å². The van der Waals surface area contributed by atoms with Crippen molar-refractivity contribution < 1.29 is 4.79 Å². The second kappa shape index (κ2) is 5.93. The maximum Gasteiger partial charge on any atom is 0.151 e. The van der Waals surface area contributed by atoms with E-state index in [1.165, 1.54) is 0 Å². The Balaban J connectivity index is 2.64. The molecule has 3 heteroatoms. The second-order valence-electron chi connectivity index (χ2n) is 3.81. The predicted molar refractivity (Wildman–Crippen MR) is 65.8 cm³/mol. The van der Waals surface area contributed by atoms with Crippen LogP contribution in [0.5, 0.6) is 0 Å². The first kappa shape index (κ1) is 12.3. The lowest BCUT2D eigenvalue weighted by Gasteiger charge is -2.10. The van der Waals surface area contributed by atoms with Crippen molar-refractivity contribution in [3.05, 3.63) is 29.3 Å². The summed E-state index contributed by atoms with van der Waals surface area (Å²) < 4.78 is 0. The minimum absolute atomic E-state index is 0.804. The topological polar surface area (TPSA) is 20.3 Å². The molecule has 1 aromatic rings. The largest absolute Gasteiger partial charge is 0.309 e. The quantitative estimate of drug-likeness (QED) is 0.565. The number of carbonyl (C=O) groups excluding carboxylic acids is 1. The zero-order valence-electron chi connectivity index (χ0n) is 9.49. The molecule has 0 aliphatic carbocycles. The molecule has 0 amide bonds. The molecule has 1 rings (SSSR count). The fourth-order valence-electron chi connectivity index (χ4n) is 1.23. The van der Waals surface area contributed by atoms with Crippen LogP contribution in [0, 0.1) is 6.92 Å². The first-order valence-electron chi connectivity index (χ1n) is 4.97. The maximum atomic E-state index is 10.9. The highest BCUT2D eigenvalue weighted by Crippen LogP contribution is 2.22. The number of carbonyl (C=O) groups is 1. The summed E-state index contributed by atoms with van der Waals surface area (Å²) in [5, 5.41) is 0. The number of aryl methyl sites for hydroxylation is 1. The molecule has 0 aromatic heterocycles. The summed E-state index contributed by atoms with van der Waals surface area (Å²) in [6.45, 7) is 3.03. The molecule has 82 valence electrons. The molecule has 0 fully saturated rings. The molecule has 0 spiro atoms. The van der Waals surface area contributed by atoms with Gasteiger partial charge >= 0.3 is 0 Å². The first-order chi connectivity index (χ1) is 7.13. The number of nitrogens with zero attached hydrogens (tertiary/aromatic N) is 1. The van der Waals surface area contributed by atoms with E-state index >= 15 is 0 Å². The van der Waals surface area contributed by atoms with Crippen molar-refractivity contribution in [1.82, 2.24) is 4.90 Å². The molecule has 0 saturated carbocycles. The summed E-state index contributed by atoms with van der Waals surface area (Å²) >= 11 is 1.74. The second-order valence-corrected chi connectivity index (χ2v) is 4.95. The summed E-state index contributed by atoms with van der Waals surface area (Å²) in [6.07, 6.45) is 0.936. The fourth-order valence-corrected chi connectivity index (χ4v) is 2.34. The predicted octanol–water partition coefficient (Wildman–Crippen LogP) is 2.46. The SMILES string of the molecule is Cc1ccc(SCCN(C)C)c(C=O)c1. The monoisotopic (exact) mass is 223 g/mol. The van der Waals surface area contributed by atoms with Crippen LogP contribution in [-0.4, -0.2) is 37.6 Å². The van der Waals surface area contributed by atoms with Gasteiger partial charge in [-0.05, 0) is 33.2 Å². The van der Waals surface area contributed by atoms with Gasteiger partial charge in [0.2, 0.25) is 0 Å². The van der Waals surface area contributed by atoms with Gasteiger partial charge in [0.1, 0.15) is 0 Å². The summed E-state index contributed by atoms with van der Waals surface area (Å²) in [6, 6.07) is 6.01. The van der Waals surface area contributed by atoms with Gasteiger partial charge in [0.05, 0.1) is 0 Å². The number of hydrogen-bond donors (Lipinski definition) is 0. The van der Waals surface area contributed by atoms with Crippen molar-refractivity contribution in [1.29, 1.82) is 0 Å². The molecule has 0 atom stereocenters. The molecule has 0 aliphatic heterocycles. The average molecular weight is 223 g/mol. The standard InChI is InChI=1S/C12H17NOS/c1-10-4-5-12(11(8-10)9-14)15-7-6-13(2)3/h4-5,8-9H,6-7H2,1-3H3. The number of benzene rings is 1. The Morgan fingerprint density at radius 3 is 2.73 bits per heavy atom. The van der Waals surface area contributed by atoms with E-state index < -0.39 is 0 Å². The zero-order chi connectivity index (χ0) is 11.3. The molecule has 0 unspecified atom stereocenters. The normalized spacial score (nSPS) is 10.7. The van der Waals surface area contributed by atoms with E-state index in [-0.39, 0.29) is 0 Å².